The van der Waals surface area contributed by atoms with E-state index in [4.69, 9.17) is 21.4 Å². The summed E-state index contributed by atoms with van der Waals surface area (Å²) >= 11 is 6.15. The molecule has 3 rings (SSSR count). The Labute approximate surface area is 139 Å². The van der Waals surface area contributed by atoms with E-state index in [-0.39, 0.29) is 18.5 Å². The van der Waals surface area contributed by atoms with Gasteiger partial charge in [-0.25, -0.2) is 4.98 Å². The van der Waals surface area contributed by atoms with E-state index in [2.05, 4.69) is 4.98 Å². The second-order valence-corrected chi connectivity index (χ2v) is 5.60. The number of nitrogens with zero attached hydrogens (tertiary/aromatic N) is 2. The highest BCUT2D eigenvalue weighted by molar-refractivity contribution is 6.31. The molecule has 1 aromatic heterocycles. The Hall–Kier alpha value is -1.56. The number of carboxylic acid groups (broad SMARTS) is 1. The molecule has 1 fully saturated rings. The van der Waals surface area contributed by atoms with Crippen molar-refractivity contribution in [2.45, 2.75) is 18.6 Å². The highest BCUT2D eigenvalue weighted by Gasteiger charge is 2.35. The summed E-state index contributed by atoms with van der Waals surface area (Å²) in [5, 5.41) is 10.4. The summed E-state index contributed by atoms with van der Waals surface area (Å²) in [6.45, 7) is 0.556. The van der Waals surface area contributed by atoms with Gasteiger partial charge in [-0.3, -0.25) is 9.69 Å². The third-order valence-electron chi connectivity index (χ3n) is 3.73. The van der Waals surface area contributed by atoms with Crippen LogP contribution in [-0.4, -0.2) is 46.7 Å². The molecule has 0 amide bonds. The van der Waals surface area contributed by atoms with Crippen LogP contribution < -0.4 is 4.74 Å². The predicted octanol–water partition coefficient (Wildman–Crippen LogP) is 2.85. The molecule has 0 radical (unpaired) electrons. The molecule has 0 bridgehead atoms. The standard InChI is InChI=1S/C15H15ClN2O3.ClH/c1-18-8-10(7-12(18)15(19)20)21-13-6-9-4-2-3-5-11(9)17-14(13)16;/h2-6,10,12H,7-8H2,1H3,(H,19,20);1H/t10-,12+;/m1./s1. The summed E-state index contributed by atoms with van der Waals surface area (Å²) in [4.78, 5) is 17.2. The van der Waals surface area contributed by atoms with Crippen molar-refractivity contribution in [3.63, 3.8) is 0 Å². The van der Waals surface area contributed by atoms with Crippen LogP contribution in [0, 0.1) is 0 Å². The van der Waals surface area contributed by atoms with Gasteiger partial charge in [-0.15, -0.1) is 12.4 Å². The zero-order valence-electron chi connectivity index (χ0n) is 11.9. The first kappa shape index (κ1) is 16.8. The molecule has 7 heteroatoms. The predicted molar refractivity (Wildman–Crippen MR) is 87.1 cm³/mol. The molecule has 1 saturated heterocycles. The van der Waals surface area contributed by atoms with Crippen molar-refractivity contribution >= 4 is 40.9 Å². The lowest BCUT2D eigenvalue weighted by molar-refractivity contribution is -0.141. The lowest BCUT2D eigenvalue weighted by Crippen LogP contribution is -2.32. The van der Waals surface area contributed by atoms with Crippen molar-refractivity contribution in [2.24, 2.45) is 0 Å². The molecule has 2 heterocycles. The number of pyridine rings is 1. The summed E-state index contributed by atoms with van der Waals surface area (Å²) in [6, 6.07) is 8.98. The fraction of sp³-hybridized carbons (Fsp3) is 0.333. The second kappa shape index (κ2) is 6.69. The SMILES string of the molecule is CN1C[C@H](Oc2cc3ccccc3nc2Cl)C[C@H]1C(=O)O.Cl. The Balaban J connectivity index is 0.00000176. The average molecular weight is 343 g/mol. The van der Waals surface area contributed by atoms with Crippen LogP contribution in [0.25, 0.3) is 10.9 Å². The lowest BCUT2D eigenvalue weighted by atomic mass is 10.2. The maximum Gasteiger partial charge on any atom is 0.321 e. The Morgan fingerprint density at radius 2 is 2.18 bits per heavy atom. The summed E-state index contributed by atoms with van der Waals surface area (Å²) in [6.07, 6.45) is 0.242. The number of halogens is 2. The van der Waals surface area contributed by atoms with Gasteiger partial charge in [0.25, 0.3) is 0 Å². The Kier molecular flexibility index (Phi) is 5.11. The number of fused-ring (bicyclic) bond motifs is 1. The van der Waals surface area contributed by atoms with E-state index in [1.807, 2.05) is 30.3 Å². The number of hydrogen-bond acceptors (Lipinski definition) is 4. The molecule has 0 aliphatic carbocycles. The van der Waals surface area contributed by atoms with E-state index >= 15 is 0 Å². The Bertz CT molecular complexity index is 696. The van der Waals surface area contributed by atoms with Gasteiger partial charge in [-0.1, -0.05) is 29.8 Å². The number of likely N-dealkylation sites (tertiary alicyclic amines) is 1. The smallest absolute Gasteiger partial charge is 0.321 e. The normalized spacial score (nSPS) is 21.5. The molecule has 118 valence electrons. The molecule has 2 atom stereocenters. The largest absolute Gasteiger partial charge is 0.486 e. The van der Waals surface area contributed by atoms with Crippen LogP contribution in [-0.2, 0) is 4.79 Å². The van der Waals surface area contributed by atoms with Crippen molar-refractivity contribution in [1.29, 1.82) is 0 Å². The highest BCUT2D eigenvalue weighted by atomic mass is 35.5. The Morgan fingerprint density at radius 3 is 2.86 bits per heavy atom. The maximum atomic E-state index is 11.1. The van der Waals surface area contributed by atoms with Gasteiger partial charge in [0.1, 0.15) is 12.1 Å². The molecular formula is C15H16Cl2N2O3. The monoisotopic (exact) mass is 342 g/mol. The van der Waals surface area contributed by atoms with E-state index in [1.165, 1.54) is 0 Å². The third kappa shape index (κ3) is 3.27. The van der Waals surface area contributed by atoms with Crippen LogP contribution in [0.4, 0.5) is 0 Å². The van der Waals surface area contributed by atoms with E-state index in [0.29, 0.717) is 23.9 Å². The van der Waals surface area contributed by atoms with Crippen molar-refractivity contribution in [2.75, 3.05) is 13.6 Å². The number of para-hydroxylation sites is 1. The summed E-state index contributed by atoms with van der Waals surface area (Å²) in [7, 11) is 1.78. The van der Waals surface area contributed by atoms with E-state index in [9.17, 15) is 4.79 Å². The molecule has 5 nitrogen and oxygen atoms in total. The van der Waals surface area contributed by atoms with Crippen molar-refractivity contribution in [1.82, 2.24) is 9.88 Å². The van der Waals surface area contributed by atoms with Gasteiger partial charge in [0.05, 0.1) is 5.52 Å². The molecule has 2 aromatic rings. The van der Waals surface area contributed by atoms with Crippen molar-refractivity contribution in [3.05, 3.63) is 35.5 Å². The quantitative estimate of drug-likeness (QED) is 0.869. The number of ether oxygens (including phenoxy) is 1. The molecule has 22 heavy (non-hydrogen) atoms. The number of aromatic nitrogens is 1. The summed E-state index contributed by atoms with van der Waals surface area (Å²) in [5.41, 5.74) is 0.807. The zero-order chi connectivity index (χ0) is 15.0. The number of hydrogen-bond donors (Lipinski definition) is 1. The first-order valence-corrected chi connectivity index (χ1v) is 7.07. The van der Waals surface area contributed by atoms with Crippen LogP contribution >= 0.6 is 24.0 Å². The van der Waals surface area contributed by atoms with Gasteiger partial charge >= 0.3 is 5.97 Å². The van der Waals surface area contributed by atoms with Crippen LogP contribution in [0.1, 0.15) is 6.42 Å². The molecule has 1 aliphatic rings. The fourth-order valence-corrected chi connectivity index (χ4v) is 2.85. The summed E-state index contributed by atoms with van der Waals surface area (Å²) in [5.74, 6) is -0.328. The number of benzene rings is 1. The van der Waals surface area contributed by atoms with E-state index in [1.54, 1.807) is 11.9 Å². The van der Waals surface area contributed by atoms with Gasteiger partial charge in [0, 0.05) is 18.4 Å². The number of carbonyl (C=O) groups is 1. The number of carboxylic acids is 1. The third-order valence-corrected chi connectivity index (χ3v) is 4.00. The second-order valence-electron chi connectivity index (χ2n) is 5.24. The van der Waals surface area contributed by atoms with Crippen molar-refractivity contribution < 1.29 is 14.6 Å². The summed E-state index contributed by atoms with van der Waals surface area (Å²) < 4.78 is 5.87. The molecular weight excluding hydrogens is 327 g/mol. The van der Waals surface area contributed by atoms with Gasteiger partial charge in [0.2, 0.25) is 0 Å². The molecule has 0 unspecified atom stereocenters. The molecule has 0 spiro atoms. The van der Waals surface area contributed by atoms with Gasteiger partial charge < -0.3 is 9.84 Å². The highest BCUT2D eigenvalue weighted by Crippen LogP contribution is 2.30. The topological polar surface area (TPSA) is 62.7 Å². The number of aliphatic carboxylic acids is 1. The lowest BCUT2D eigenvalue weighted by Gasteiger charge is -2.15. The molecule has 0 saturated carbocycles. The van der Waals surface area contributed by atoms with Crippen LogP contribution in [0.3, 0.4) is 0 Å². The van der Waals surface area contributed by atoms with Crippen LogP contribution in [0.15, 0.2) is 30.3 Å². The first-order valence-electron chi connectivity index (χ1n) is 6.69. The van der Waals surface area contributed by atoms with E-state index in [0.717, 1.165) is 10.9 Å². The van der Waals surface area contributed by atoms with Gasteiger partial charge in [0.15, 0.2) is 10.9 Å². The maximum absolute atomic E-state index is 11.1. The van der Waals surface area contributed by atoms with E-state index < -0.39 is 12.0 Å². The molecule has 1 aromatic carbocycles. The minimum atomic E-state index is -0.827. The van der Waals surface area contributed by atoms with Crippen LogP contribution in [0.5, 0.6) is 5.75 Å². The minimum absolute atomic E-state index is 0. The zero-order valence-corrected chi connectivity index (χ0v) is 13.5. The van der Waals surface area contributed by atoms with Crippen LogP contribution in [0.2, 0.25) is 5.15 Å². The van der Waals surface area contributed by atoms with Gasteiger partial charge in [-0.2, -0.15) is 0 Å². The average Bonchev–Trinajstić information content (AvgIpc) is 2.81. The van der Waals surface area contributed by atoms with Gasteiger partial charge in [-0.05, 0) is 19.2 Å². The number of likely N-dealkylation sites (N-methyl/N-ethyl adjacent to an activating group) is 1. The fourth-order valence-electron chi connectivity index (χ4n) is 2.66. The minimum Gasteiger partial charge on any atom is -0.486 e. The molecule has 1 aliphatic heterocycles. The van der Waals surface area contributed by atoms with Crippen molar-refractivity contribution in [3.8, 4) is 5.75 Å². The Morgan fingerprint density at radius 1 is 1.45 bits per heavy atom. The number of rotatable bonds is 3. The first-order chi connectivity index (χ1) is 10.0. The molecule has 1 N–H and O–H groups in total.